The van der Waals surface area contributed by atoms with E-state index in [4.69, 9.17) is 21.1 Å². The highest BCUT2D eigenvalue weighted by molar-refractivity contribution is 6.30. The van der Waals surface area contributed by atoms with Crippen LogP contribution in [0.4, 0.5) is 0 Å². The Morgan fingerprint density at radius 2 is 1.67 bits per heavy atom. The van der Waals surface area contributed by atoms with Crippen LogP contribution < -0.4 is 14.9 Å². The van der Waals surface area contributed by atoms with Crippen molar-refractivity contribution < 1.29 is 19.1 Å². The molecule has 164 valence electrons. The number of carbonyl (C=O) groups is 2. The number of ether oxygens (including phenoxy) is 2. The summed E-state index contributed by atoms with van der Waals surface area (Å²) < 4.78 is 11.0. The molecule has 4 rings (SSSR count). The van der Waals surface area contributed by atoms with Crippen LogP contribution in [0, 0.1) is 0 Å². The molecular formula is C26H19ClN2O4. The fourth-order valence-corrected chi connectivity index (χ4v) is 3.21. The van der Waals surface area contributed by atoms with Crippen LogP contribution in [-0.2, 0) is 4.79 Å². The highest BCUT2D eigenvalue weighted by Crippen LogP contribution is 2.25. The summed E-state index contributed by atoms with van der Waals surface area (Å²) in [7, 11) is 0. The number of halogens is 1. The van der Waals surface area contributed by atoms with Crippen molar-refractivity contribution in [2.75, 3.05) is 6.61 Å². The zero-order chi connectivity index (χ0) is 23.0. The number of rotatable bonds is 7. The first-order valence-electron chi connectivity index (χ1n) is 10.1. The van der Waals surface area contributed by atoms with Gasteiger partial charge in [0.05, 0.1) is 11.8 Å². The van der Waals surface area contributed by atoms with Gasteiger partial charge >= 0.3 is 5.97 Å². The Balaban J connectivity index is 1.31. The second-order valence-electron chi connectivity index (χ2n) is 7.03. The van der Waals surface area contributed by atoms with Gasteiger partial charge in [-0.15, -0.1) is 0 Å². The summed E-state index contributed by atoms with van der Waals surface area (Å²) in [5, 5.41) is 6.45. The average molecular weight is 459 g/mol. The molecule has 0 fully saturated rings. The molecule has 0 bridgehead atoms. The van der Waals surface area contributed by atoms with Crippen molar-refractivity contribution in [1.29, 1.82) is 0 Å². The summed E-state index contributed by atoms with van der Waals surface area (Å²) in [5.41, 5.74) is 3.46. The number of hydrogen-bond donors (Lipinski definition) is 1. The maximum atomic E-state index is 12.2. The van der Waals surface area contributed by atoms with Crippen LogP contribution in [0.25, 0.3) is 10.8 Å². The van der Waals surface area contributed by atoms with Crippen LogP contribution in [0.5, 0.6) is 11.5 Å². The predicted octanol–water partition coefficient (Wildman–Crippen LogP) is 5.24. The Morgan fingerprint density at radius 1 is 0.909 bits per heavy atom. The molecule has 4 aromatic rings. The van der Waals surface area contributed by atoms with E-state index in [1.165, 1.54) is 6.21 Å². The zero-order valence-electron chi connectivity index (χ0n) is 17.4. The molecule has 0 radical (unpaired) electrons. The third-order valence-corrected chi connectivity index (χ3v) is 4.91. The second kappa shape index (κ2) is 10.4. The van der Waals surface area contributed by atoms with Gasteiger partial charge in [0.25, 0.3) is 5.91 Å². The molecule has 1 N–H and O–H groups in total. The van der Waals surface area contributed by atoms with E-state index in [-0.39, 0.29) is 6.61 Å². The lowest BCUT2D eigenvalue weighted by atomic mass is 10.1. The predicted molar refractivity (Wildman–Crippen MR) is 128 cm³/mol. The van der Waals surface area contributed by atoms with Crippen LogP contribution in [0.15, 0.2) is 96.1 Å². The molecule has 0 aliphatic carbocycles. The Bertz CT molecular complexity index is 1310. The van der Waals surface area contributed by atoms with E-state index in [0.717, 1.165) is 10.8 Å². The monoisotopic (exact) mass is 458 g/mol. The first-order valence-corrected chi connectivity index (χ1v) is 10.5. The van der Waals surface area contributed by atoms with Crippen molar-refractivity contribution in [3.05, 3.63) is 107 Å². The van der Waals surface area contributed by atoms with Crippen molar-refractivity contribution in [3.8, 4) is 11.5 Å². The number of fused-ring (bicyclic) bond motifs is 1. The summed E-state index contributed by atoms with van der Waals surface area (Å²) >= 11 is 5.84. The van der Waals surface area contributed by atoms with Gasteiger partial charge in [-0.2, -0.15) is 5.10 Å². The highest BCUT2D eigenvalue weighted by atomic mass is 35.5. The normalized spacial score (nSPS) is 10.8. The fourth-order valence-electron chi connectivity index (χ4n) is 3.09. The molecule has 4 aromatic carbocycles. The van der Waals surface area contributed by atoms with E-state index in [2.05, 4.69) is 10.5 Å². The van der Waals surface area contributed by atoms with Crippen molar-refractivity contribution in [1.82, 2.24) is 5.43 Å². The molecule has 1 amide bonds. The van der Waals surface area contributed by atoms with Crippen LogP contribution in [0.1, 0.15) is 15.9 Å². The van der Waals surface area contributed by atoms with Gasteiger partial charge in [0, 0.05) is 10.4 Å². The lowest BCUT2D eigenvalue weighted by Crippen LogP contribution is -2.24. The molecule has 0 unspecified atom stereocenters. The summed E-state index contributed by atoms with van der Waals surface area (Å²) in [6, 6.07) is 26.6. The van der Waals surface area contributed by atoms with Crippen LogP contribution in [0.3, 0.4) is 0 Å². The minimum absolute atomic E-state index is 0.176. The van der Waals surface area contributed by atoms with Crippen LogP contribution in [0.2, 0.25) is 5.02 Å². The molecule has 0 heterocycles. The van der Waals surface area contributed by atoms with Crippen LogP contribution in [-0.4, -0.2) is 24.7 Å². The number of hydrogen-bond acceptors (Lipinski definition) is 5. The highest BCUT2D eigenvalue weighted by Gasteiger charge is 2.09. The SMILES string of the molecule is O=C(COc1cccc2ccccc12)N/N=C\c1cccc(OC(=O)c2ccc(Cl)cc2)c1. The van der Waals surface area contributed by atoms with Gasteiger partial charge in [-0.25, -0.2) is 10.2 Å². The maximum Gasteiger partial charge on any atom is 0.343 e. The lowest BCUT2D eigenvalue weighted by molar-refractivity contribution is -0.123. The first-order chi connectivity index (χ1) is 16.1. The number of nitrogens with zero attached hydrogens (tertiary/aromatic N) is 1. The van der Waals surface area contributed by atoms with Gasteiger partial charge in [0.2, 0.25) is 0 Å². The second-order valence-corrected chi connectivity index (χ2v) is 7.46. The lowest BCUT2D eigenvalue weighted by Gasteiger charge is -2.08. The molecule has 0 aliphatic heterocycles. The zero-order valence-corrected chi connectivity index (χ0v) is 18.2. The largest absolute Gasteiger partial charge is 0.483 e. The molecule has 0 saturated carbocycles. The Hall–Kier alpha value is -4.16. The first kappa shape index (κ1) is 22.0. The van der Waals surface area contributed by atoms with E-state index in [9.17, 15) is 9.59 Å². The summed E-state index contributed by atoms with van der Waals surface area (Å²) in [4.78, 5) is 24.3. The van der Waals surface area contributed by atoms with E-state index in [1.807, 2.05) is 42.5 Å². The third kappa shape index (κ3) is 5.96. The van der Waals surface area contributed by atoms with Crippen molar-refractivity contribution in [3.63, 3.8) is 0 Å². The van der Waals surface area contributed by atoms with Gasteiger partial charge in [0.1, 0.15) is 11.5 Å². The standard InChI is InChI=1S/C26H19ClN2O4/c27-21-13-11-20(12-14-21)26(31)33-22-8-3-5-18(15-22)16-28-29-25(30)17-32-24-10-4-7-19-6-1-2-9-23(19)24/h1-16H,17H2,(H,29,30)/b28-16-. The van der Waals surface area contributed by atoms with E-state index < -0.39 is 11.9 Å². The molecule has 6 nitrogen and oxygen atoms in total. The quantitative estimate of drug-likeness (QED) is 0.178. The average Bonchev–Trinajstić information content (AvgIpc) is 2.83. The molecule has 33 heavy (non-hydrogen) atoms. The number of nitrogens with one attached hydrogen (secondary N) is 1. The molecule has 7 heteroatoms. The Labute approximate surface area is 195 Å². The molecule has 0 saturated heterocycles. The minimum atomic E-state index is -0.500. The van der Waals surface area contributed by atoms with Crippen molar-refractivity contribution >= 4 is 40.5 Å². The fraction of sp³-hybridized carbons (Fsp3) is 0.0385. The third-order valence-electron chi connectivity index (χ3n) is 4.66. The van der Waals surface area contributed by atoms with E-state index in [0.29, 0.717) is 27.6 Å². The Morgan fingerprint density at radius 3 is 2.52 bits per heavy atom. The summed E-state index contributed by atoms with van der Waals surface area (Å²) in [6.45, 7) is -0.176. The molecule has 0 aliphatic rings. The summed E-state index contributed by atoms with van der Waals surface area (Å²) in [5.74, 6) is 0.0797. The summed E-state index contributed by atoms with van der Waals surface area (Å²) in [6.07, 6.45) is 1.45. The number of esters is 1. The minimum Gasteiger partial charge on any atom is -0.483 e. The van der Waals surface area contributed by atoms with Crippen molar-refractivity contribution in [2.45, 2.75) is 0 Å². The molecule has 0 atom stereocenters. The molecule has 0 spiro atoms. The molecule has 0 aromatic heterocycles. The number of hydrazone groups is 1. The molecular weight excluding hydrogens is 440 g/mol. The Kier molecular flexibility index (Phi) is 6.97. The van der Waals surface area contributed by atoms with E-state index in [1.54, 1.807) is 48.5 Å². The van der Waals surface area contributed by atoms with Crippen LogP contribution >= 0.6 is 11.6 Å². The number of amides is 1. The van der Waals surface area contributed by atoms with Gasteiger partial charge in [-0.05, 0) is 53.4 Å². The van der Waals surface area contributed by atoms with E-state index >= 15 is 0 Å². The van der Waals surface area contributed by atoms with Gasteiger partial charge in [0.15, 0.2) is 6.61 Å². The topological polar surface area (TPSA) is 77.0 Å². The van der Waals surface area contributed by atoms with Gasteiger partial charge < -0.3 is 9.47 Å². The van der Waals surface area contributed by atoms with Gasteiger partial charge in [-0.3, -0.25) is 4.79 Å². The smallest absolute Gasteiger partial charge is 0.343 e. The van der Waals surface area contributed by atoms with Crippen molar-refractivity contribution in [2.24, 2.45) is 5.10 Å². The van der Waals surface area contributed by atoms with Gasteiger partial charge in [-0.1, -0.05) is 60.1 Å². The number of carbonyl (C=O) groups excluding carboxylic acids is 2. The number of benzene rings is 4. The maximum absolute atomic E-state index is 12.2.